The molecule has 0 aliphatic carbocycles. The van der Waals surface area contributed by atoms with E-state index >= 15 is 0 Å². The normalized spacial score (nSPS) is 28.9. The first-order valence-corrected chi connectivity index (χ1v) is 7.50. The molecule has 4 nitrogen and oxygen atoms in total. The van der Waals surface area contributed by atoms with Gasteiger partial charge in [0.25, 0.3) is 0 Å². The molecule has 0 aromatic heterocycles. The second kappa shape index (κ2) is 6.02. The van der Waals surface area contributed by atoms with E-state index in [1.165, 1.54) is 10.8 Å². The fraction of sp³-hybridized carbons (Fsp3) is 0.412. The summed E-state index contributed by atoms with van der Waals surface area (Å²) >= 11 is 0. The Morgan fingerprint density at radius 2 is 1.81 bits per heavy atom. The highest BCUT2D eigenvalue weighted by Gasteiger charge is 2.37. The molecule has 1 fully saturated rings. The van der Waals surface area contributed by atoms with Gasteiger partial charge >= 0.3 is 0 Å². The molecule has 1 saturated heterocycles. The highest BCUT2D eigenvalue weighted by molar-refractivity contribution is 5.85. The van der Waals surface area contributed by atoms with E-state index in [2.05, 4.69) is 41.0 Å². The summed E-state index contributed by atoms with van der Waals surface area (Å²) in [5.41, 5.74) is 1.08. The van der Waals surface area contributed by atoms with Crippen molar-refractivity contribution in [2.75, 3.05) is 11.9 Å². The standard InChI is InChI=1S/C17H22N2O2/c1-11-16(20)17(21)15(19-11)8-9-18-14-7-6-12-4-2-3-5-13(12)10-14/h2-7,10-11,15-21H,8-9H2,1H3/t11-,15+,16+,17-/m0/s1. The van der Waals surface area contributed by atoms with E-state index in [1.54, 1.807) is 0 Å². The lowest BCUT2D eigenvalue weighted by Gasteiger charge is -2.16. The average Bonchev–Trinajstić information content (AvgIpc) is 2.74. The molecule has 112 valence electrons. The maximum Gasteiger partial charge on any atom is 0.0967 e. The summed E-state index contributed by atoms with van der Waals surface area (Å²) in [5.74, 6) is 0. The molecule has 4 N–H and O–H groups in total. The third-order valence-electron chi connectivity index (χ3n) is 4.29. The van der Waals surface area contributed by atoms with Crippen molar-refractivity contribution < 1.29 is 10.2 Å². The fourth-order valence-electron chi connectivity index (χ4n) is 2.99. The summed E-state index contributed by atoms with van der Waals surface area (Å²) in [6, 6.07) is 14.5. The van der Waals surface area contributed by atoms with Crippen molar-refractivity contribution in [2.24, 2.45) is 0 Å². The summed E-state index contributed by atoms with van der Waals surface area (Å²) in [4.78, 5) is 0. The minimum Gasteiger partial charge on any atom is -0.389 e. The Balaban J connectivity index is 1.57. The molecule has 0 bridgehead atoms. The van der Waals surface area contributed by atoms with Crippen LogP contribution in [0.2, 0.25) is 0 Å². The zero-order valence-electron chi connectivity index (χ0n) is 12.2. The van der Waals surface area contributed by atoms with Crippen molar-refractivity contribution in [3.05, 3.63) is 42.5 Å². The molecule has 0 spiro atoms. The number of anilines is 1. The van der Waals surface area contributed by atoms with Crippen LogP contribution in [-0.4, -0.2) is 41.0 Å². The summed E-state index contributed by atoms with van der Waals surface area (Å²) in [6.07, 6.45) is -0.580. The number of nitrogens with one attached hydrogen (secondary N) is 2. The summed E-state index contributed by atoms with van der Waals surface area (Å²) in [7, 11) is 0. The molecule has 0 saturated carbocycles. The Bertz CT molecular complexity index is 617. The van der Waals surface area contributed by atoms with Crippen LogP contribution in [0.4, 0.5) is 5.69 Å². The first kappa shape index (κ1) is 14.3. The topological polar surface area (TPSA) is 64.5 Å². The first-order chi connectivity index (χ1) is 10.1. The van der Waals surface area contributed by atoms with Crippen LogP contribution in [-0.2, 0) is 0 Å². The molecule has 0 amide bonds. The van der Waals surface area contributed by atoms with E-state index in [1.807, 2.05) is 19.1 Å². The molecule has 1 heterocycles. The van der Waals surface area contributed by atoms with Crippen LogP contribution in [0.15, 0.2) is 42.5 Å². The smallest absolute Gasteiger partial charge is 0.0967 e. The van der Waals surface area contributed by atoms with E-state index in [0.29, 0.717) is 0 Å². The van der Waals surface area contributed by atoms with Gasteiger partial charge in [0.2, 0.25) is 0 Å². The monoisotopic (exact) mass is 286 g/mol. The second-order valence-electron chi connectivity index (χ2n) is 5.82. The van der Waals surface area contributed by atoms with E-state index in [-0.39, 0.29) is 12.1 Å². The van der Waals surface area contributed by atoms with Crippen LogP contribution in [0.3, 0.4) is 0 Å². The van der Waals surface area contributed by atoms with Crippen molar-refractivity contribution in [3.63, 3.8) is 0 Å². The number of fused-ring (bicyclic) bond motifs is 1. The number of hydrogen-bond donors (Lipinski definition) is 4. The van der Waals surface area contributed by atoms with Crippen molar-refractivity contribution >= 4 is 16.5 Å². The maximum atomic E-state index is 9.93. The van der Waals surface area contributed by atoms with Crippen LogP contribution < -0.4 is 10.6 Å². The molecule has 2 aromatic carbocycles. The van der Waals surface area contributed by atoms with Gasteiger partial charge in [-0.2, -0.15) is 0 Å². The van der Waals surface area contributed by atoms with Gasteiger partial charge in [0.15, 0.2) is 0 Å². The number of benzene rings is 2. The molecule has 4 heteroatoms. The van der Waals surface area contributed by atoms with Crippen LogP contribution in [0, 0.1) is 0 Å². The van der Waals surface area contributed by atoms with Crippen LogP contribution in [0.1, 0.15) is 13.3 Å². The van der Waals surface area contributed by atoms with Gasteiger partial charge in [-0.1, -0.05) is 30.3 Å². The Hall–Kier alpha value is -1.62. The Kier molecular flexibility index (Phi) is 4.10. The maximum absolute atomic E-state index is 9.93. The lowest BCUT2D eigenvalue weighted by atomic mass is 10.1. The van der Waals surface area contributed by atoms with Gasteiger partial charge in [0, 0.05) is 24.3 Å². The number of rotatable bonds is 4. The molecular formula is C17H22N2O2. The van der Waals surface area contributed by atoms with E-state index in [4.69, 9.17) is 0 Å². The van der Waals surface area contributed by atoms with Gasteiger partial charge in [-0.3, -0.25) is 0 Å². The predicted octanol–water partition coefficient (Wildman–Crippen LogP) is 1.72. The average molecular weight is 286 g/mol. The van der Waals surface area contributed by atoms with Crippen molar-refractivity contribution in [1.82, 2.24) is 5.32 Å². The molecule has 0 unspecified atom stereocenters. The highest BCUT2D eigenvalue weighted by atomic mass is 16.3. The van der Waals surface area contributed by atoms with Gasteiger partial charge in [0.05, 0.1) is 12.2 Å². The zero-order valence-corrected chi connectivity index (χ0v) is 12.2. The fourth-order valence-corrected chi connectivity index (χ4v) is 2.99. The number of hydrogen-bond acceptors (Lipinski definition) is 4. The third-order valence-corrected chi connectivity index (χ3v) is 4.29. The van der Waals surface area contributed by atoms with E-state index < -0.39 is 12.2 Å². The first-order valence-electron chi connectivity index (χ1n) is 7.50. The number of aliphatic hydroxyl groups excluding tert-OH is 2. The largest absolute Gasteiger partial charge is 0.389 e. The van der Waals surface area contributed by atoms with E-state index in [9.17, 15) is 10.2 Å². The Morgan fingerprint density at radius 1 is 1.05 bits per heavy atom. The summed E-state index contributed by atoms with van der Waals surface area (Å²) in [6.45, 7) is 2.65. The molecule has 4 atom stereocenters. The molecule has 0 radical (unpaired) electrons. The minimum atomic E-state index is -0.682. The molecule has 2 aromatic rings. The number of aliphatic hydroxyl groups is 2. The lowest BCUT2D eigenvalue weighted by molar-refractivity contribution is 0.0297. The lowest BCUT2D eigenvalue weighted by Crippen LogP contribution is -2.34. The van der Waals surface area contributed by atoms with Crippen LogP contribution in [0.25, 0.3) is 10.8 Å². The SMILES string of the molecule is C[C@@H]1N[C@H](CCNc2ccc3ccccc3c2)[C@H](O)[C@@H]1O. The molecule has 21 heavy (non-hydrogen) atoms. The second-order valence-corrected chi connectivity index (χ2v) is 5.82. The predicted molar refractivity (Wildman–Crippen MR) is 85.5 cm³/mol. The van der Waals surface area contributed by atoms with Gasteiger partial charge < -0.3 is 20.8 Å². The quantitative estimate of drug-likeness (QED) is 0.691. The molecule has 1 aliphatic rings. The van der Waals surface area contributed by atoms with Crippen LogP contribution in [0.5, 0.6) is 0 Å². The van der Waals surface area contributed by atoms with E-state index in [0.717, 1.165) is 18.7 Å². The summed E-state index contributed by atoms with van der Waals surface area (Å²) < 4.78 is 0. The molecular weight excluding hydrogens is 264 g/mol. The van der Waals surface area contributed by atoms with Crippen LogP contribution >= 0.6 is 0 Å². The highest BCUT2D eigenvalue weighted by Crippen LogP contribution is 2.20. The van der Waals surface area contributed by atoms with Gasteiger partial charge in [0.1, 0.15) is 0 Å². The molecule has 3 rings (SSSR count). The van der Waals surface area contributed by atoms with Gasteiger partial charge in [-0.05, 0) is 36.2 Å². The molecule has 1 aliphatic heterocycles. The van der Waals surface area contributed by atoms with Crippen molar-refractivity contribution in [2.45, 2.75) is 37.6 Å². The van der Waals surface area contributed by atoms with Gasteiger partial charge in [-0.25, -0.2) is 0 Å². The summed E-state index contributed by atoms with van der Waals surface area (Å²) in [5, 5.41) is 28.7. The Labute approximate surface area is 124 Å². The minimum absolute atomic E-state index is 0.0503. The van der Waals surface area contributed by atoms with Crippen molar-refractivity contribution in [1.29, 1.82) is 0 Å². The van der Waals surface area contributed by atoms with Crippen molar-refractivity contribution in [3.8, 4) is 0 Å². The Morgan fingerprint density at radius 3 is 2.52 bits per heavy atom. The third kappa shape index (κ3) is 3.02. The zero-order chi connectivity index (χ0) is 14.8. The van der Waals surface area contributed by atoms with Gasteiger partial charge in [-0.15, -0.1) is 0 Å².